The molecule has 0 radical (unpaired) electrons. The number of aryl methyl sites for hydroxylation is 1. The maximum absolute atomic E-state index is 12.2. The minimum absolute atomic E-state index is 0.229. The lowest BCUT2D eigenvalue weighted by Crippen LogP contribution is -2.21. The van der Waals surface area contributed by atoms with Crippen molar-refractivity contribution in [3.05, 3.63) is 54.6 Å². The number of anilines is 1. The normalized spacial score (nSPS) is 11.3. The molecule has 1 N–H and O–H groups in total. The van der Waals surface area contributed by atoms with Gasteiger partial charge in [-0.3, -0.25) is 4.79 Å². The van der Waals surface area contributed by atoms with Crippen LogP contribution in [0.2, 0.25) is 0 Å². The van der Waals surface area contributed by atoms with E-state index in [2.05, 4.69) is 20.4 Å². The van der Waals surface area contributed by atoms with E-state index in [0.29, 0.717) is 17.4 Å². The lowest BCUT2D eigenvalue weighted by Gasteiger charge is -2.10. The SMILES string of the molecule is Cc1nc(Oc2ccc(NC(=O)CC(F)(F)F)cc2)cc(-n2cccn2)n1. The summed E-state index contributed by atoms with van der Waals surface area (Å²) in [6, 6.07) is 9.24. The molecule has 1 aromatic carbocycles. The molecule has 140 valence electrons. The molecule has 0 saturated carbocycles. The third-order valence-corrected chi connectivity index (χ3v) is 3.26. The van der Waals surface area contributed by atoms with Crippen LogP contribution in [-0.4, -0.2) is 31.8 Å². The number of nitrogens with zero attached hydrogens (tertiary/aromatic N) is 4. The summed E-state index contributed by atoms with van der Waals surface area (Å²) in [5.74, 6) is 0.550. The molecule has 0 spiro atoms. The fourth-order valence-electron chi connectivity index (χ4n) is 2.21. The van der Waals surface area contributed by atoms with Crippen LogP contribution < -0.4 is 10.1 Å². The number of halogens is 3. The van der Waals surface area contributed by atoms with Gasteiger partial charge in [0.25, 0.3) is 0 Å². The van der Waals surface area contributed by atoms with Crippen LogP contribution >= 0.6 is 0 Å². The third kappa shape index (κ3) is 5.27. The zero-order chi connectivity index (χ0) is 19.4. The van der Waals surface area contributed by atoms with Crippen molar-refractivity contribution >= 4 is 11.6 Å². The molecule has 3 aromatic rings. The zero-order valence-corrected chi connectivity index (χ0v) is 14.1. The number of alkyl halides is 3. The van der Waals surface area contributed by atoms with Gasteiger partial charge >= 0.3 is 6.18 Å². The average molecular weight is 377 g/mol. The summed E-state index contributed by atoms with van der Waals surface area (Å²) >= 11 is 0. The third-order valence-electron chi connectivity index (χ3n) is 3.26. The van der Waals surface area contributed by atoms with Crippen molar-refractivity contribution in [3.8, 4) is 17.4 Å². The summed E-state index contributed by atoms with van der Waals surface area (Å²) in [5, 5.41) is 6.27. The molecule has 0 atom stereocenters. The van der Waals surface area contributed by atoms with Crippen LogP contribution in [-0.2, 0) is 4.79 Å². The van der Waals surface area contributed by atoms with Crippen LogP contribution in [0.1, 0.15) is 12.2 Å². The molecule has 1 amide bonds. The highest BCUT2D eigenvalue weighted by atomic mass is 19.4. The van der Waals surface area contributed by atoms with Crippen LogP contribution in [0.15, 0.2) is 48.8 Å². The van der Waals surface area contributed by atoms with Crippen LogP contribution in [0.5, 0.6) is 11.6 Å². The maximum atomic E-state index is 12.2. The van der Waals surface area contributed by atoms with Gasteiger partial charge in [-0.05, 0) is 37.3 Å². The van der Waals surface area contributed by atoms with Crippen LogP contribution in [0.25, 0.3) is 5.82 Å². The van der Waals surface area contributed by atoms with Gasteiger partial charge in [-0.2, -0.15) is 23.3 Å². The molecular weight excluding hydrogens is 363 g/mol. The second-order valence-corrected chi connectivity index (χ2v) is 5.53. The highest BCUT2D eigenvalue weighted by molar-refractivity contribution is 5.91. The van der Waals surface area contributed by atoms with E-state index in [1.807, 2.05) is 0 Å². The highest BCUT2D eigenvalue weighted by Crippen LogP contribution is 2.24. The molecule has 27 heavy (non-hydrogen) atoms. The topological polar surface area (TPSA) is 81.9 Å². The summed E-state index contributed by atoms with van der Waals surface area (Å²) in [5.41, 5.74) is 0.229. The van der Waals surface area contributed by atoms with Crippen LogP contribution in [0.4, 0.5) is 18.9 Å². The lowest BCUT2D eigenvalue weighted by molar-refractivity contribution is -0.150. The van der Waals surface area contributed by atoms with Crippen LogP contribution in [0, 0.1) is 6.92 Å². The fraction of sp³-hybridized carbons (Fsp3) is 0.176. The smallest absolute Gasteiger partial charge is 0.397 e. The van der Waals surface area contributed by atoms with Gasteiger partial charge in [-0.1, -0.05) is 0 Å². The molecule has 3 rings (SSSR count). The first-order valence-corrected chi connectivity index (χ1v) is 7.79. The van der Waals surface area contributed by atoms with E-state index in [1.165, 1.54) is 24.3 Å². The van der Waals surface area contributed by atoms with Crippen molar-refractivity contribution in [2.24, 2.45) is 0 Å². The first-order valence-electron chi connectivity index (χ1n) is 7.79. The Labute approximate surface area is 151 Å². The van der Waals surface area contributed by atoms with Crippen molar-refractivity contribution in [2.45, 2.75) is 19.5 Å². The Morgan fingerprint density at radius 3 is 2.59 bits per heavy atom. The number of ether oxygens (including phenoxy) is 1. The molecule has 0 unspecified atom stereocenters. The predicted octanol–water partition coefficient (Wildman–Crippen LogP) is 3.65. The van der Waals surface area contributed by atoms with Gasteiger partial charge in [0.2, 0.25) is 11.8 Å². The van der Waals surface area contributed by atoms with Gasteiger partial charge in [-0.25, -0.2) is 9.67 Å². The van der Waals surface area contributed by atoms with E-state index < -0.39 is 18.5 Å². The number of carbonyl (C=O) groups excluding carboxylic acids is 1. The molecule has 0 saturated heterocycles. The minimum atomic E-state index is -4.55. The molecule has 10 heteroatoms. The van der Waals surface area contributed by atoms with Crippen molar-refractivity contribution in [3.63, 3.8) is 0 Å². The molecule has 2 aromatic heterocycles. The number of carbonyl (C=O) groups is 1. The standard InChI is InChI=1S/C17H14F3N5O2/c1-11-22-14(25-8-2-7-21-25)9-16(23-11)27-13-5-3-12(4-6-13)24-15(26)10-17(18,19)20/h2-9H,10H2,1H3,(H,24,26). The number of hydrogen-bond acceptors (Lipinski definition) is 5. The monoisotopic (exact) mass is 377 g/mol. The second kappa shape index (κ2) is 7.44. The van der Waals surface area contributed by atoms with E-state index in [1.54, 1.807) is 36.1 Å². The molecule has 2 heterocycles. The summed E-state index contributed by atoms with van der Waals surface area (Å²) in [6.07, 6.45) is -2.75. The quantitative estimate of drug-likeness (QED) is 0.734. The Hall–Kier alpha value is -3.43. The first-order chi connectivity index (χ1) is 12.8. The molecule has 0 aliphatic heterocycles. The van der Waals surface area contributed by atoms with Gasteiger partial charge in [0, 0.05) is 24.1 Å². The summed E-state index contributed by atoms with van der Waals surface area (Å²) in [7, 11) is 0. The molecule has 0 aliphatic carbocycles. The Morgan fingerprint density at radius 1 is 1.22 bits per heavy atom. The average Bonchev–Trinajstić information content (AvgIpc) is 3.09. The molecule has 0 aliphatic rings. The largest absolute Gasteiger partial charge is 0.439 e. The van der Waals surface area contributed by atoms with E-state index >= 15 is 0 Å². The van der Waals surface area contributed by atoms with E-state index in [-0.39, 0.29) is 11.6 Å². The fourth-order valence-corrected chi connectivity index (χ4v) is 2.21. The summed E-state index contributed by atoms with van der Waals surface area (Å²) in [6.45, 7) is 1.71. The van der Waals surface area contributed by atoms with E-state index in [9.17, 15) is 18.0 Å². The minimum Gasteiger partial charge on any atom is -0.439 e. The maximum Gasteiger partial charge on any atom is 0.397 e. The van der Waals surface area contributed by atoms with Crippen molar-refractivity contribution in [1.82, 2.24) is 19.7 Å². The molecular formula is C17H14F3N5O2. The van der Waals surface area contributed by atoms with Crippen molar-refractivity contribution in [1.29, 1.82) is 0 Å². The van der Waals surface area contributed by atoms with Gasteiger partial charge < -0.3 is 10.1 Å². The van der Waals surface area contributed by atoms with Gasteiger partial charge in [-0.15, -0.1) is 0 Å². The Morgan fingerprint density at radius 2 is 1.96 bits per heavy atom. The van der Waals surface area contributed by atoms with Gasteiger partial charge in [0.05, 0.1) is 0 Å². The Balaban J connectivity index is 1.69. The number of rotatable bonds is 5. The number of amides is 1. The molecule has 0 bridgehead atoms. The predicted molar refractivity (Wildman–Crippen MR) is 89.7 cm³/mol. The van der Waals surface area contributed by atoms with E-state index in [0.717, 1.165) is 0 Å². The van der Waals surface area contributed by atoms with Gasteiger partial charge in [0.1, 0.15) is 18.0 Å². The number of benzene rings is 1. The van der Waals surface area contributed by atoms with E-state index in [4.69, 9.17) is 4.74 Å². The Kier molecular flexibility index (Phi) is 5.06. The molecule has 0 fully saturated rings. The zero-order valence-electron chi connectivity index (χ0n) is 14.1. The van der Waals surface area contributed by atoms with Crippen molar-refractivity contribution in [2.75, 3.05) is 5.32 Å². The lowest BCUT2D eigenvalue weighted by atomic mass is 10.3. The highest BCUT2D eigenvalue weighted by Gasteiger charge is 2.31. The number of nitrogens with one attached hydrogen (secondary N) is 1. The summed E-state index contributed by atoms with van der Waals surface area (Å²) in [4.78, 5) is 19.7. The van der Waals surface area contributed by atoms with Crippen molar-refractivity contribution < 1.29 is 22.7 Å². The molecule has 7 nitrogen and oxygen atoms in total. The summed E-state index contributed by atoms with van der Waals surface area (Å²) < 4.78 is 43.8. The van der Waals surface area contributed by atoms with Crippen LogP contribution in [0.3, 0.4) is 0 Å². The second-order valence-electron chi connectivity index (χ2n) is 5.53. The van der Waals surface area contributed by atoms with Gasteiger partial charge in [0.15, 0.2) is 5.82 Å². The number of aromatic nitrogens is 4. The first kappa shape index (κ1) is 18.4. The number of hydrogen-bond donors (Lipinski definition) is 1. The Bertz CT molecular complexity index is 925.